The first-order chi connectivity index (χ1) is 6.34. The maximum absolute atomic E-state index is 11.5. The Kier molecular flexibility index (Phi) is 4.54. The summed E-state index contributed by atoms with van der Waals surface area (Å²) in [6, 6.07) is 0. The van der Waals surface area contributed by atoms with Gasteiger partial charge in [-0.1, -0.05) is 12.2 Å². The molecule has 1 aliphatic heterocycles. The summed E-state index contributed by atoms with van der Waals surface area (Å²) in [5.41, 5.74) is 5.36. The van der Waals surface area contributed by atoms with E-state index >= 15 is 0 Å². The zero-order valence-corrected chi connectivity index (χ0v) is 8.04. The van der Waals surface area contributed by atoms with Crippen LogP contribution >= 0.6 is 0 Å². The van der Waals surface area contributed by atoms with Crippen molar-refractivity contribution in [3.05, 3.63) is 12.2 Å². The lowest BCUT2D eigenvalue weighted by molar-refractivity contribution is -0.130. The zero-order valence-electron chi connectivity index (χ0n) is 8.04. The minimum atomic E-state index is 0.276. The number of nitrogens with two attached hydrogens (primary N) is 1. The van der Waals surface area contributed by atoms with E-state index in [-0.39, 0.29) is 5.91 Å². The molecule has 74 valence electrons. The van der Waals surface area contributed by atoms with Crippen molar-refractivity contribution in [2.45, 2.75) is 25.7 Å². The summed E-state index contributed by atoms with van der Waals surface area (Å²) in [5, 5.41) is 0. The lowest BCUT2D eigenvalue weighted by Gasteiger charge is -2.23. The van der Waals surface area contributed by atoms with Gasteiger partial charge in [0.25, 0.3) is 0 Å². The fraction of sp³-hybridized carbons (Fsp3) is 0.700. The molecule has 0 fully saturated rings. The summed E-state index contributed by atoms with van der Waals surface area (Å²) in [5.74, 6) is 0.276. The summed E-state index contributed by atoms with van der Waals surface area (Å²) >= 11 is 0. The number of hydrogen-bond donors (Lipinski definition) is 1. The van der Waals surface area contributed by atoms with Crippen LogP contribution in [0.1, 0.15) is 25.7 Å². The number of rotatable bonds is 4. The Bertz CT molecular complexity index is 189. The van der Waals surface area contributed by atoms with Gasteiger partial charge < -0.3 is 10.6 Å². The first-order valence-corrected chi connectivity index (χ1v) is 4.97. The maximum atomic E-state index is 11.5. The Labute approximate surface area is 79.6 Å². The van der Waals surface area contributed by atoms with Crippen molar-refractivity contribution in [1.29, 1.82) is 0 Å². The van der Waals surface area contributed by atoms with Gasteiger partial charge in [-0.05, 0) is 25.8 Å². The molecule has 1 amide bonds. The minimum Gasteiger partial charge on any atom is -0.339 e. The van der Waals surface area contributed by atoms with Gasteiger partial charge in [0.1, 0.15) is 0 Å². The molecule has 0 aromatic rings. The van der Waals surface area contributed by atoms with Crippen LogP contribution in [0.4, 0.5) is 0 Å². The van der Waals surface area contributed by atoms with E-state index in [0.717, 1.165) is 32.4 Å². The zero-order chi connectivity index (χ0) is 9.52. The summed E-state index contributed by atoms with van der Waals surface area (Å²) in [4.78, 5) is 13.4. The third kappa shape index (κ3) is 3.59. The van der Waals surface area contributed by atoms with Crippen LogP contribution < -0.4 is 5.73 Å². The molecule has 1 rings (SSSR count). The Morgan fingerprint density at radius 1 is 1.38 bits per heavy atom. The van der Waals surface area contributed by atoms with E-state index in [0.29, 0.717) is 13.0 Å². The van der Waals surface area contributed by atoms with Crippen molar-refractivity contribution < 1.29 is 4.79 Å². The molecule has 3 nitrogen and oxygen atoms in total. The van der Waals surface area contributed by atoms with Crippen LogP contribution in [0.3, 0.4) is 0 Å². The lowest BCUT2D eigenvalue weighted by atomic mass is 10.2. The molecule has 0 unspecified atom stereocenters. The molecule has 0 aromatic heterocycles. The average molecular weight is 182 g/mol. The van der Waals surface area contributed by atoms with E-state index in [1.54, 1.807) is 0 Å². The smallest absolute Gasteiger partial charge is 0.222 e. The SMILES string of the molecule is NCCCCC(=O)N1CC=CCC1. The fourth-order valence-electron chi connectivity index (χ4n) is 1.45. The topological polar surface area (TPSA) is 46.3 Å². The van der Waals surface area contributed by atoms with E-state index in [2.05, 4.69) is 12.2 Å². The van der Waals surface area contributed by atoms with Gasteiger partial charge in [-0.2, -0.15) is 0 Å². The third-order valence-electron chi connectivity index (χ3n) is 2.26. The number of carbonyl (C=O) groups excluding carboxylic acids is 1. The average Bonchev–Trinajstić information content (AvgIpc) is 2.19. The first-order valence-electron chi connectivity index (χ1n) is 4.97. The number of nitrogens with zero attached hydrogens (tertiary/aromatic N) is 1. The molecule has 0 saturated carbocycles. The monoisotopic (exact) mass is 182 g/mol. The Hall–Kier alpha value is -0.830. The highest BCUT2D eigenvalue weighted by atomic mass is 16.2. The minimum absolute atomic E-state index is 0.276. The molecular weight excluding hydrogens is 164 g/mol. The van der Waals surface area contributed by atoms with Crippen LogP contribution in [0.15, 0.2) is 12.2 Å². The van der Waals surface area contributed by atoms with E-state index in [1.165, 1.54) is 0 Å². The number of carbonyl (C=O) groups is 1. The van der Waals surface area contributed by atoms with Gasteiger partial charge in [0.15, 0.2) is 0 Å². The molecule has 3 heteroatoms. The Morgan fingerprint density at radius 2 is 2.23 bits per heavy atom. The van der Waals surface area contributed by atoms with E-state index in [9.17, 15) is 4.79 Å². The fourth-order valence-corrected chi connectivity index (χ4v) is 1.45. The maximum Gasteiger partial charge on any atom is 0.222 e. The summed E-state index contributed by atoms with van der Waals surface area (Å²) in [6.07, 6.45) is 7.73. The predicted molar refractivity (Wildman–Crippen MR) is 53.2 cm³/mol. The molecule has 0 aliphatic carbocycles. The Balaban J connectivity index is 2.18. The van der Waals surface area contributed by atoms with Crippen LogP contribution in [-0.2, 0) is 4.79 Å². The number of unbranched alkanes of at least 4 members (excludes halogenated alkanes) is 1. The molecule has 1 aliphatic rings. The van der Waals surface area contributed by atoms with Crippen LogP contribution in [0.25, 0.3) is 0 Å². The number of hydrogen-bond acceptors (Lipinski definition) is 2. The standard InChI is InChI=1S/C10H18N2O/c11-7-3-2-6-10(13)12-8-4-1-5-9-12/h1,4H,2-3,5-9,11H2. The third-order valence-corrected chi connectivity index (χ3v) is 2.26. The summed E-state index contributed by atoms with van der Waals surface area (Å²) in [6.45, 7) is 2.37. The molecule has 1 heterocycles. The van der Waals surface area contributed by atoms with Gasteiger partial charge in [-0.15, -0.1) is 0 Å². The van der Waals surface area contributed by atoms with Crippen LogP contribution in [0, 0.1) is 0 Å². The summed E-state index contributed by atoms with van der Waals surface area (Å²) in [7, 11) is 0. The van der Waals surface area contributed by atoms with Crippen LogP contribution in [0.2, 0.25) is 0 Å². The second-order valence-corrected chi connectivity index (χ2v) is 3.35. The second kappa shape index (κ2) is 5.75. The molecule has 0 radical (unpaired) electrons. The normalized spacial score (nSPS) is 16.2. The quantitative estimate of drug-likeness (QED) is 0.519. The highest BCUT2D eigenvalue weighted by molar-refractivity contribution is 5.76. The van der Waals surface area contributed by atoms with E-state index in [4.69, 9.17) is 5.73 Å². The predicted octanol–water partition coefficient (Wildman–Crippen LogP) is 0.904. The molecule has 0 aromatic carbocycles. The first kappa shape index (κ1) is 10.3. The Morgan fingerprint density at radius 3 is 2.85 bits per heavy atom. The van der Waals surface area contributed by atoms with Gasteiger partial charge in [0.2, 0.25) is 5.91 Å². The van der Waals surface area contributed by atoms with Crippen molar-refractivity contribution in [2.75, 3.05) is 19.6 Å². The largest absolute Gasteiger partial charge is 0.339 e. The highest BCUT2D eigenvalue weighted by Gasteiger charge is 2.12. The molecule has 0 bridgehead atoms. The molecular formula is C10H18N2O. The van der Waals surface area contributed by atoms with E-state index in [1.807, 2.05) is 4.90 Å². The number of amides is 1. The van der Waals surface area contributed by atoms with Gasteiger partial charge in [-0.25, -0.2) is 0 Å². The lowest BCUT2D eigenvalue weighted by Crippen LogP contribution is -2.33. The van der Waals surface area contributed by atoms with Crippen molar-refractivity contribution in [3.63, 3.8) is 0 Å². The second-order valence-electron chi connectivity index (χ2n) is 3.35. The molecule has 0 saturated heterocycles. The highest BCUT2D eigenvalue weighted by Crippen LogP contribution is 2.05. The molecule has 2 N–H and O–H groups in total. The van der Waals surface area contributed by atoms with Gasteiger partial charge in [0, 0.05) is 19.5 Å². The summed E-state index contributed by atoms with van der Waals surface area (Å²) < 4.78 is 0. The van der Waals surface area contributed by atoms with Gasteiger partial charge in [0.05, 0.1) is 0 Å². The van der Waals surface area contributed by atoms with Crippen LogP contribution in [0.5, 0.6) is 0 Å². The van der Waals surface area contributed by atoms with Crippen LogP contribution in [-0.4, -0.2) is 30.4 Å². The van der Waals surface area contributed by atoms with Gasteiger partial charge >= 0.3 is 0 Å². The van der Waals surface area contributed by atoms with Crippen molar-refractivity contribution in [1.82, 2.24) is 4.90 Å². The molecule has 0 spiro atoms. The molecule has 13 heavy (non-hydrogen) atoms. The van der Waals surface area contributed by atoms with Crippen molar-refractivity contribution in [3.8, 4) is 0 Å². The van der Waals surface area contributed by atoms with Crippen molar-refractivity contribution >= 4 is 5.91 Å². The molecule has 0 atom stereocenters. The van der Waals surface area contributed by atoms with Gasteiger partial charge in [-0.3, -0.25) is 4.79 Å². The van der Waals surface area contributed by atoms with Crippen molar-refractivity contribution in [2.24, 2.45) is 5.73 Å². The van der Waals surface area contributed by atoms with E-state index < -0.39 is 0 Å².